The standard InChI is InChI=1S/C12H23N3O/c1-10(2)14-11(8-13)9-15(3)12-4-6-16-7-5-12/h10-12,14H,4-7,9H2,1-3H3. The Kier molecular flexibility index (Phi) is 5.75. The lowest BCUT2D eigenvalue weighted by molar-refractivity contribution is 0.0415. The van der Waals surface area contributed by atoms with Crippen LogP contribution in [0, 0.1) is 11.3 Å². The van der Waals surface area contributed by atoms with E-state index in [1.807, 2.05) is 0 Å². The van der Waals surface area contributed by atoms with E-state index in [0.29, 0.717) is 12.1 Å². The second-order valence-corrected chi connectivity index (χ2v) is 4.79. The highest BCUT2D eigenvalue weighted by molar-refractivity contribution is 4.93. The van der Waals surface area contributed by atoms with Crippen molar-refractivity contribution in [2.45, 2.75) is 44.8 Å². The van der Waals surface area contributed by atoms with E-state index in [1.165, 1.54) is 0 Å². The molecule has 0 saturated carbocycles. The normalized spacial score (nSPS) is 20.0. The molecule has 1 fully saturated rings. The molecule has 1 heterocycles. The molecule has 0 amide bonds. The number of hydrogen-bond acceptors (Lipinski definition) is 4. The van der Waals surface area contributed by atoms with Crippen molar-refractivity contribution in [2.24, 2.45) is 0 Å². The van der Waals surface area contributed by atoms with Gasteiger partial charge in [-0.05, 0) is 33.7 Å². The van der Waals surface area contributed by atoms with Gasteiger partial charge in [0.15, 0.2) is 0 Å². The van der Waals surface area contributed by atoms with Gasteiger partial charge >= 0.3 is 0 Å². The topological polar surface area (TPSA) is 48.3 Å². The van der Waals surface area contributed by atoms with Crippen LogP contribution in [0.5, 0.6) is 0 Å². The first-order valence-corrected chi connectivity index (χ1v) is 6.07. The average Bonchev–Trinajstić information content (AvgIpc) is 2.28. The van der Waals surface area contributed by atoms with Crippen molar-refractivity contribution < 1.29 is 4.74 Å². The summed E-state index contributed by atoms with van der Waals surface area (Å²) in [7, 11) is 2.10. The van der Waals surface area contributed by atoms with E-state index in [4.69, 9.17) is 10.00 Å². The summed E-state index contributed by atoms with van der Waals surface area (Å²) in [4.78, 5) is 2.28. The zero-order valence-electron chi connectivity index (χ0n) is 10.6. The van der Waals surface area contributed by atoms with Crippen LogP contribution in [-0.2, 0) is 4.74 Å². The fourth-order valence-electron chi connectivity index (χ4n) is 2.10. The fourth-order valence-corrected chi connectivity index (χ4v) is 2.10. The molecule has 1 unspecified atom stereocenters. The molecule has 0 aromatic heterocycles. The minimum absolute atomic E-state index is 0.0761. The Morgan fingerprint density at radius 3 is 2.56 bits per heavy atom. The minimum Gasteiger partial charge on any atom is -0.381 e. The Labute approximate surface area is 98.6 Å². The van der Waals surface area contributed by atoms with E-state index in [2.05, 4.69) is 37.2 Å². The van der Waals surface area contributed by atoms with Crippen LogP contribution in [0.3, 0.4) is 0 Å². The number of likely N-dealkylation sites (N-methyl/N-ethyl adjacent to an activating group) is 1. The Morgan fingerprint density at radius 1 is 1.44 bits per heavy atom. The number of nitrogens with zero attached hydrogens (tertiary/aromatic N) is 2. The Bertz CT molecular complexity index is 231. The first-order valence-electron chi connectivity index (χ1n) is 6.07. The van der Waals surface area contributed by atoms with Crippen molar-refractivity contribution in [3.05, 3.63) is 0 Å². The molecule has 0 spiro atoms. The van der Waals surface area contributed by atoms with Crippen molar-refractivity contribution in [1.82, 2.24) is 10.2 Å². The SMILES string of the molecule is CC(C)NC(C#N)CN(C)C1CCOCC1. The molecule has 1 atom stereocenters. The third-order valence-electron chi connectivity index (χ3n) is 2.98. The zero-order chi connectivity index (χ0) is 12.0. The van der Waals surface area contributed by atoms with Crippen LogP contribution in [0.2, 0.25) is 0 Å². The minimum atomic E-state index is -0.0761. The number of rotatable bonds is 5. The van der Waals surface area contributed by atoms with Gasteiger partial charge in [-0.15, -0.1) is 0 Å². The summed E-state index contributed by atoms with van der Waals surface area (Å²) in [5, 5.41) is 12.3. The van der Waals surface area contributed by atoms with E-state index in [-0.39, 0.29) is 6.04 Å². The summed E-state index contributed by atoms with van der Waals surface area (Å²) in [6.45, 7) is 6.63. The van der Waals surface area contributed by atoms with Gasteiger partial charge in [-0.3, -0.25) is 5.32 Å². The van der Waals surface area contributed by atoms with Crippen molar-refractivity contribution in [1.29, 1.82) is 5.26 Å². The smallest absolute Gasteiger partial charge is 0.108 e. The van der Waals surface area contributed by atoms with Gasteiger partial charge < -0.3 is 9.64 Å². The molecule has 0 radical (unpaired) electrons. The van der Waals surface area contributed by atoms with Gasteiger partial charge in [-0.2, -0.15) is 5.26 Å². The molecule has 16 heavy (non-hydrogen) atoms. The van der Waals surface area contributed by atoms with E-state index >= 15 is 0 Å². The first-order chi connectivity index (χ1) is 7.63. The highest BCUT2D eigenvalue weighted by atomic mass is 16.5. The lowest BCUT2D eigenvalue weighted by Crippen LogP contribution is -2.46. The van der Waals surface area contributed by atoms with Crippen molar-refractivity contribution in [2.75, 3.05) is 26.8 Å². The van der Waals surface area contributed by atoms with Gasteiger partial charge in [-0.25, -0.2) is 0 Å². The molecule has 92 valence electrons. The van der Waals surface area contributed by atoms with E-state index in [9.17, 15) is 0 Å². The number of ether oxygens (including phenoxy) is 1. The number of nitrogens with one attached hydrogen (secondary N) is 1. The van der Waals surface area contributed by atoms with Crippen LogP contribution in [0.15, 0.2) is 0 Å². The maximum Gasteiger partial charge on any atom is 0.108 e. The first kappa shape index (κ1) is 13.4. The second-order valence-electron chi connectivity index (χ2n) is 4.79. The summed E-state index contributed by atoms with van der Waals surface area (Å²) in [5.41, 5.74) is 0. The molecule has 1 N–H and O–H groups in total. The molecule has 0 bridgehead atoms. The number of nitriles is 1. The van der Waals surface area contributed by atoms with Gasteiger partial charge in [0.05, 0.1) is 6.07 Å². The summed E-state index contributed by atoms with van der Waals surface area (Å²) in [6, 6.07) is 3.17. The summed E-state index contributed by atoms with van der Waals surface area (Å²) in [5.74, 6) is 0. The lowest BCUT2D eigenvalue weighted by Gasteiger charge is -2.32. The summed E-state index contributed by atoms with van der Waals surface area (Å²) >= 11 is 0. The third-order valence-corrected chi connectivity index (χ3v) is 2.98. The molecular weight excluding hydrogens is 202 g/mol. The molecule has 0 aliphatic carbocycles. The Hall–Kier alpha value is -0.630. The van der Waals surface area contributed by atoms with Crippen LogP contribution >= 0.6 is 0 Å². The van der Waals surface area contributed by atoms with Gasteiger partial charge in [0, 0.05) is 31.8 Å². The van der Waals surface area contributed by atoms with E-state index in [1.54, 1.807) is 0 Å². The maximum absolute atomic E-state index is 9.06. The van der Waals surface area contributed by atoms with Gasteiger partial charge in [0.1, 0.15) is 6.04 Å². The van der Waals surface area contributed by atoms with Crippen LogP contribution < -0.4 is 5.32 Å². The number of hydrogen-bond donors (Lipinski definition) is 1. The molecule has 1 aliphatic heterocycles. The molecule has 4 nitrogen and oxygen atoms in total. The van der Waals surface area contributed by atoms with E-state index in [0.717, 1.165) is 32.6 Å². The quantitative estimate of drug-likeness (QED) is 0.758. The molecule has 1 saturated heterocycles. The maximum atomic E-state index is 9.06. The zero-order valence-corrected chi connectivity index (χ0v) is 10.6. The highest BCUT2D eigenvalue weighted by Crippen LogP contribution is 2.12. The predicted molar refractivity (Wildman–Crippen MR) is 64.1 cm³/mol. The summed E-state index contributed by atoms with van der Waals surface area (Å²) in [6.07, 6.45) is 2.16. The summed E-state index contributed by atoms with van der Waals surface area (Å²) < 4.78 is 5.34. The molecule has 1 aliphatic rings. The van der Waals surface area contributed by atoms with Crippen molar-refractivity contribution in [3.63, 3.8) is 0 Å². The van der Waals surface area contributed by atoms with Gasteiger partial charge in [0.25, 0.3) is 0 Å². The van der Waals surface area contributed by atoms with Crippen LogP contribution in [-0.4, -0.2) is 49.8 Å². The fraction of sp³-hybridized carbons (Fsp3) is 0.917. The van der Waals surface area contributed by atoms with Crippen LogP contribution in [0.25, 0.3) is 0 Å². The predicted octanol–water partition coefficient (Wildman–Crippen LogP) is 0.987. The third kappa shape index (κ3) is 4.48. The monoisotopic (exact) mass is 225 g/mol. The van der Waals surface area contributed by atoms with Crippen LogP contribution in [0.4, 0.5) is 0 Å². The average molecular weight is 225 g/mol. The van der Waals surface area contributed by atoms with Crippen molar-refractivity contribution in [3.8, 4) is 6.07 Å². The molecular formula is C12H23N3O. The van der Waals surface area contributed by atoms with Crippen molar-refractivity contribution >= 4 is 0 Å². The molecule has 1 rings (SSSR count). The second kappa shape index (κ2) is 6.85. The molecule has 4 heteroatoms. The Morgan fingerprint density at radius 2 is 2.06 bits per heavy atom. The van der Waals surface area contributed by atoms with Gasteiger partial charge in [0.2, 0.25) is 0 Å². The van der Waals surface area contributed by atoms with Gasteiger partial charge in [-0.1, -0.05) is 0 Å². The lowest BCUT2D eigenvalue weighted by atomic mass is 10.1. The Balaban J connectivity index is 2.35. The van der Waals surface area contributed by atoms with E-state index < -0.39 is 0 Å². The molecule has 0 aromatic rings. The largest absolute Gasteiger partial charge is 0.381 e. The highest BCUT2D eigenvalue weighted by Gasteiger charge is 2.21. The van der Waals surface area contributed by atoms with Crippen LogP contribution in [0.1, 0.15) is 26.7 Å². The molecule has 0 aromatic carbocycles.